The number of anilines is 2. The van der Waals surface area contributed by atoms with Crippen LogP contribution in [0.4, 0.5) is 29.3 Å². The Morgan fingerprint density at radius 2 is 1.74 bits per heavy atom. The summed E-state index contributed by atoms with van der Waals surface area (Å²) >= 11 is 6.42. The van der Waals surface area contributed by atoms with Gasteiger partial charge in [0.15, 0.2) is 10.9 Å². The number of carbonyl (C=O) groups excluding carboxylic acids is 1. The number of hydrogen-bond donors (Lipinski definition) is 3. The Hall–Kier alpha value is -4.11. The molecule has 0 fully saturated rings. The molecule has 3 N–H and O–H groups in total. The summed E-state index contributed by atoms with van der Waals surface area (Å²) in [4.78, 5) is 27.9. The van der Waals surface area contributed by atoms with E-state index in [4.69, 9.17) is 9.84 Å². The fourth-order valence-electron chi connectivity index (χ4n) is 3.24. The molecule has 38 heavy (non-hydrogen) atoms. The van der Waals surface area contributed by atoms with Crippen LogP contribution in [-0.4, -0.2) is 26.7 Å². The first-order chi connectivity index (χ1) is 17.9. The number of carbonyl (C=O) groups is 2. The van der Waals surface area contributed by atoms with Crippen molar-refractivity contribution < 1.29 is 37.3 Å². The number of amides is 2. The molecule has 0 unspecified atom stereocenters. The molecule has 196 valence electrons. The van der Waals surface area contributed by atoms with Crippen LogP contribution >= 0.6 is 31.9 Å². The van der Waals surface area contributed by atoms with Crippen molar-refractivity contribution in [2.24, 2.45) is 0 Å². The SMILES string of the molecule is O=C(Nc1ccc(Oc2cc[n+]([O-])c(C(=O)O)c2)cc1)Nc1cc(C(F)(F)F)ccc1-n1cc(Br)nc1Br. The second kappa shape index (κ2) is 10.7. The number of carboxylic acid groups (broad SMARTS) is 1. The minimum Gasteiger partial charge on any atom is -0.618 e. The summed E-state index contributed by atoms with van der Waals surface area (Å²) in [6, 6.07) is 10.3. The number of urea groups is 1. The molecule has 0 aliphatic rings. The highest BCUT2D eigenvalue weighted by molar-refractivity contribution is 9.11. The minimum absolute atomic E-state index is 0.0994. The van der Waals surface area contributed by atoms with Gasteiger partial charge in [0.05, 0.1) is 23.0 Å². The zero-order chi connectivity index (χ0) is 27.6. The third-order valence-corrected chi connectivity index (χ3v) is 5.86. The Labute approximate surface area is 228 Å². The van der Waals surface area contributed by atoms with E-state index in [0.29, 0.717) is 9.34 Å². The molecule has 0 radical (unpaired) electrons. The molecule has 0 spiro atoms. The molecule has 2 aromatic heterocycles. The Morgan fingerprint density at radius 1 is 1.03 bits per heavy atom. The van der Waals surface area contributed by atoms with Gasteiger partial charge in [-0.25, -0.2) is 14.6 Å². The number of hydrogen-bond acceptors (Lipinski definition) is 5. The highest BCUT2D eigenvalue weighted by atomic mass is 79.9. The summed E-state index contributed by atoms with van der Waals surface area (Å²) in [5.41, 5.74) is -1.10. The van der Waals surface area contributed by atoms with Gasteiger partial charge in [-0.3, -0.25) is 4.57 Å². The molecule has 2 heterocycles. The molecule has 2 aromatic carbocycles. The molecule has 0 saturated heterocycles. The maximum Gasteiger partial charge on any atom is 0.416 e. The lowest BCUT2D eigenvalue weighted by atomic mass is 10.1. The van der Waals surface area contributed by atoms with Crippen molar-refractivity contribution in [3.05, 3.63) is 92.8 Å². The third kappa shape index (κ3) is 6.23. The van der Waals surface area contributed by atoms with Gasteiger partial charge in [0.1, 0.15) is 16.1 Å². The summed E-state index contributed by atoms with van der Waals surface area (Å²) in [6.07, 6.45) is -2.13. The Morgan fingerprint density at radius 3 is 2.34 bits per heavy atom. The maximum absolute atomic E-state index is 13.3. The Bertz CT molecular complexity index is 1530. The number of alkyl halides is 3. The Kier molecular flexibility index (Phi) is 7.59. The molecule has 4 aromatic rings. The molecule has 0 bridgehead atoms. The van der Waals surface area contributed by atoms with E-state index in [1.165, 1.54) is 47.2 Å². The molecule has 0 aliphatic heterocycles. The standard InChI is InChI=1S/C23H14Br2F3N5O5/c24-19-11-32(21(25)31-19)17-6-1-12(23(26,27)28)9-16(17)30-22(36)29-13-2-4-14(5-3-13)38-15-7-8-33(37)18(10-15)20(34)35/h1-11H,(H,34,35)(H2,29,30,36). The van der Waals surface area contributed by atoms with Crippen LogP contribution in [0.25, 0.3) is 5.69 Å². The molecular weight excluding hydrogens is 643 g/mol. The van der Waals surface area contributed by atoms with Crippen molar-refractivity contribution in [2.75, 3.05) is 10.6 Å². The molecular formula is C23H14Br2F3N5O5. The summed E-state index contributed by atoms with van der Waals surface area (Å²) in [5.74, 6) is -1.05. The van der Waals surface area contributed by atoms with Gasteiger partial charge in [-0.05, 0) is 74.3 Å². The molecule has 2 amide bonds. The van der Waals surface area contributed by atoms with Crippen molar-refractivity contribution in [3.8, 4) is 17.2 Å². The molecule has 0 aliphatic carbocycles. The monoisotopic (exact) mass is 655 g/mol. The number of aromatic carboxylic acids is 1. The second-order valence-electron chi connectivity index (χ2n) is 7.52. The van der Waals surface area contributed by atoms with Gasteiger partial charge >= 0.3 is 23.9 Å². The van der Waals surface area contributed by atoms with Crippen molar-refractivity contribution in [1.82, 2.24) is 9.55 Å². The number of nitrogens with zero attached hydrogens (tertiary/aromatic N) is 3. The van der Waals surface area contributed by atoms with Crippen LogP contribution in [0.2, 0.25) is 0 Å². The largest absolute Gasteiger partial charge is 0.618 e. The minimum atomic E-state index is -4.63. The number of benzene rings is 2. The quantitative estimate of drug-likeness (QED) is 0.168. The summed E-state index contributed by atoms with van der Waals surface area (Å²) < 4.78 is 47.8. The number of halogens is 5. The molecule has 15 heteroatoms. The first-order valence-electron chi connectivity index (χ1n) is 10.3. The lowest BCUT2D eigenvalue weighted by Gasteiger charge is -2.16. The van der Waals surface area contributed by atoms with Crippen LogP contribution in [0, 0.1) is 5.21 Å². The van der Waals surface area contributed by atoms with Crippen LogP contribution in [-0.2, 0) is 6.18 Å². The van der Waals surface area contributed by atoms with Gasteiger partial charge < -0.3 is 25.7 Å². The average Bonchev–Trinajstić information content (AvgIpc) is 3.18. The van der Waals surface area contributed by atoms with Crippen LogP contribution < -0.4 is 20.1 Å². The topological polar surface area (TPSA) is 132 Å². The summed E-state index contributed by atoms with van der Waals surface area (Å²) in [7, 11) is 0. The van der Waals surface area contributed by atoms with E-state index >= 15 is 0 Å². The normalized spacial score (nSPS) is 11.2. The van der Waals surface area contributed by atoms with Crippen LogP contribution in [0.5, 0.6) is 11.5 Å². The lowest BCUT2D eigenvalue weighted by molar-refractivity contribution is -0.608. The second-order valence-corrected chi connectivity index (χ2v) is 9.04. The van der Waals surface area contributed by atoms with Gasteiger partial charge in [-0.2, -0.15) is 17.9 Å². The number of imidazole rings is 1. The Balaban J connectivity index is 1.51. The first kappa shape index (κ1) is 26.9. The average molecular weight is 657 g/mol. The van der Waals surface area contributed by atoms with E-state index in [0.717, 1.165) is 24.4 Å². The van der Waals surface area contributed by atoms with Crippen molar-refractivity contribution in [1.29, 1.82) is 0 Å². The van der Waals surface area contributed by atoms with Crippen LogP contribution in [0.1, 0.15) is 16.1 Å². The number of ether oxygens (including phenoxy) is 1. The number of rotatable bonds is 6. The highest BCUT2D eigenvalue weighted by Gasteiger charge is 2.31. The lowest BCUT2D eigenvalue weighted by Crippen LogP contribution is -2.33. The number of nitrogens with one attached hydrogen (secondary N) is 2. The van der Waals surface area contributed by atoms with Crippen LogP contribution in [0.15, 0.2) is 76.3 Å². The number of pyridine rings is 1. The van der Waals surface area contributed by atoms with Crippen molar-refractivity contribution in [3.63, 3.8) is 0 Å². The van der Waals surface area contributed by atoms with Gasteiger partial charge in [0, 0.05) is 18.0 Å². The predicted molar refractivity (Wildman–Crippen MR) is 135 cm³/mol. The van der Waals surface area contributed by atoms with Crippen molar-refractivity contribution in [2.45, 2.75) is 6.18 Å². The number of aromatic nitrogens is 3. The predicted octanol–water partition coefficient (Wildman–Crippen LogP) is 6.18. The van der Waals surface area contributed by atoms with E-state index in [-0.39, 0.29) is 33.3 Å². The van der Waals surface area contributed by atoms with Gasteiger partial charge in [-0.1, -0.05) is 0 Å². The molecule has 4 rings (SSSR count). The first-order valence-corrected chi connectivity index (χ1v) is 11.9. The van der Waals surface area contributed by atoms with E-state index < -0.39 is 29.4 Å². The zero-order valence-electron chi connectivity index (χ0n) is 18.7. The molecule has 0 saturated carbocycles. The highest BCUT2D eigenvalue weighted by Crippen LogP contribution is 2.35. The molecule has 10 nitrogen and oxygen atoms in total. The van der Waals surface area contributed by atoms with E-state index in [2.05, 4.69) is 47.5 Å². The summed E-state index contributed by atoms with van der Waals surface area (Å²) in [5, 5.41) is 25.5. The maximum atomic E-state index is 13.3. The zero-order valence-corrected chi connectivity index (χ0v) is 21.8. The van der Waals surface area contributed by atoms with E-state index in [9.17, 15) is 28.0 Å². The van der Waals surface area contributed by atoms with Gasteiger partial charge in [0.2, 0.25) is 0 Å². The van der Waals surface area contributed by atoms with Crippen molar-refractivity contribution >= 4 is 55.2 Å². The molecule has 0 atom stereocenters. The smallest absolute Gasteiger partial charge is 0.416 e. The van der Waals surface area contributed by atoms with Gasteiger partial charge in [-0.15, -0.1) is 0 Å². The summed E-state index contributed by atoms with van der Waals surface area (Å²) in [6.45, 7) is 0. The third-order valence-electron chi connectivity index (χ3n) is 4.92. The number of carboxylic acids is 1. The fourth-order valence-corrected chi connectivity index (χ4v) is 4.33. The van der Waals surface area contributed by atoms with E-state index in [1.807, 2.05) is 0 Å². The van der Waals surface area contributed by atoms with Crippen LogP contribution in [0.3, 0.4) is 0 Å². The fraction of sp³-hybridized carbons (Fsp3) is 0.0435. The van der Waals surface area contributed by atoms with Gasteiger partial charge in [0.25, 0.3) is 0 Å². The van der Waals surface area contributed by atoms with E-state index in [1.54, 1.807) is 0 Å².